The van der Waals surface area contributed by atoms with E-state index >= 15 is 0 Å². The summed E-state index contributed by atoms with van der Waals surface area (Å²) in [5.41, 5.74) is 0. The molecule has 0 radical (unpaired) electrons. The fourth-order valence-corrected chi connectivity index (χ4v) is 1.32. The fraction of sp³-hybridized carbons (Fsp3) is 0.909. The summed E-state index contributed by atoms with van der Waals surface area (Å²) in [6.07, 6.45) is 4.74. The van der Waals surface area contributed by atoms with Gasteiger partial charge in [-0.3, -0.25) is 4.79 Å². The van der Waals surface area contributed by atoms with Crippen molar-refractivity contribution in [1.29, 1.82) is 0 Å². The first-order chi connectivity index (χ1) is 6.76. The zero-order valence-corrected chi connectivity index (χ0v) is 9.46. The van der Waals surface area contributed by atoms with Gasteiger partial charge < -0.3 is 10.0 Å². The number of aliphatic hydroxyl groups is 1. The summed E-state index contributed by atoms with van der Waals surface area (Å²) in [4.78, 5) is 13.4. The number of amides is 1. The number of aliphatic hydroxyl groups excluding tert-OH is 1. The number of hydrogen-bond acceptors (Lipinski definition) is 2. The van der Waals surface area contributed by atoms with Crippen molar-refractivity contribution in [3.8, 4) is 0 Å². The maximum atomic E-state index is 11.6. The second-order valence-corrected chi connectivity index (χ2v) is 3.56. The van der Waals surface area contributed by atoms with Crippen molar-refractivity contribution in [2.45, 2.75) is 46.0 Å². The van der Waals surface area contributed by atoms with E-state index in [1.165, 1.54) is 0 Å². The van der Waals surface area contributed by atoms with Gasteiger partial charge >= 0.3 is 0 Å². The molecule has 0 spiro atoms. The van der Waals surface area contributed by atoms with Crippen molar-refractivity contribution >= 4 is 5.91 Å². The van der Waals surface area contributed by atoms with Gasteiger partial charge in [-0.15, -0.1) is 0 Å². The summed E-state index contributed by atoms with van der Waals surface area (Å²) >= 11 is 0. The first-order valence-electron chi connectivity index (χ1n) is 5.64. The first kappa shape index (κ1) is 13.4. The molecule has 0 heterocycles. The van der Waals surface area contributed by atoms with Crippen molar-refractivity contribution < 1.29 is 9.90 Å². The Hall–Kier alpha value is -0.570. The minimum atomic E-state index is 0.0710. The predicted octanol–water partition coefficient (Wildman–Crippen LogP) is 1.80. The van der Waals surface area contributed by atoms with Gasteiger partial charge in [-0.2, -0.15) is 0 Å². The van der Waals surface area contributed by atoms with E-state index in [4.69, 9.17) is 5.11 Å². The molecule has 0 aromatic heterocycles. The van der Waals surface area contributed by atoms with E-state index in [1.54, 1.807) is 4.90 Å². The summed E-state index contributed by atoms with van der Waals surface area (Å²) in [6, 6.07) is 0. The molecule has 3 nitrogen and oxygen atoms in total. The minimum Gasteiger partial charge on any atom is -0.395 e. The summed E-state index contributed by atoms with van der Waals surface area (Å²) in [5, 5.41) is 8.82. The molecule has 0 aliphatic carbocycles. The normalized spacial score (nSPS) is 10.2. The Morgan fingerprint density at radius 2 is 1.79 bits per heavy atom. The minimum absolute atomic E-state index is 0.0710. The summed E-state index contributed by atoms with van der Waals surface area (Å²) < 4.78 is 0. The van der Waals surface area contributed by atoms with Crippen LogP contribution in [0.1, 0.15) is 46.0 Å². The Kier molecular flexibility index (Phi) is 8.64. The highest BCUT2D eigenvalue weighted by atomic mass is 16.3. The Balaban J connectivity index is 3.84. The van der Waals surface area contributed by atoms with Crippen LogP contribution in [0.5, 0.6) is 0 Å². The van der Waals surface area contributed by atoms with Crippen LogP contribution in [0.3, 0.4) is 0 Å². The molecule has 0 aromatic carbocycles. The molecule has 0 rings (SSSR count). The topological polar surface area (TPSA) is 40.5 Å². The zero-order valence-electron chi connectivity index (χ0n) is 9.46. The number of carbonyl (C=O) groups excluding carboxylic acids is 1. The monoisotopic (exact) mass is 201 g/mol. The number of hydrogen-bond donors (Lipinski definition) is 1. The second-order valence-electron chi connectivity index (χ2n) is 3.56. The zero-order chi connectivity index (χ0) is 10.8. The van der Waals surface area contributed by atoms with Crippen LogP contribution in [0, 0.1) is 0 Å². The highest BCUT2D eigenvalue weighted by molar-refractivity contribution is 5.76. The van der Waals surface area contributed by atoms with Gasteiger partial charge in [-0.05, 0) is 12.8 Å². The molecule has 0 saturated carbocycles. The third-order valence-corrected chi connectivity index (χ3v) is 2.25. The van der Waals surface area contributed by atoms with Crippen LogP contribution in [0.25, 0.3) is 0 Å². The van der Waals surface area contributed by atoms with Crippen LogP contribution in [0.4, 0.5) is 0 Å². The van der Waals surface area contributed by atoms with Gasteiger partial charge in [0.05, 0.1) is 6.61 Å². The quantitative estimate of drug-likeness (QED) is 0.650. The van der Waals surface area contributed by atoms with Gasteiger partial charge in [0.15, 0.2) is 0 Å². The maximum absolute atomic E-state index is 11.6. The Morgan fingerprint density at radius 3 is 2.29 bits per heavy atom. The average molecular weight is 201 g/mol. The largest absolute Gasteiger partial charge is 0.395 e. The third-order valence-electron chi connectivity index (χ3n) is 2.25. The predicted molar refractivity (Wildman–Crippen MR) is 58.1 cm³/mol. The smallest absolute Gasteiger partial charge is 0.222 e. The van der Waals surface area contributed by atoms with E-state index in [2.05, 4.69) is 13.8 Å². The molecule has 0 aliphatic rings. The lowest BCUT2D eigenvalue weighted by Gasteiger charge is -2.21. The van der Waals surface area contributed by atoms with Gasteiger partial charge in [0.1, 0.15) is 0 Å². The molecule has 14 heavy (non-hydrogen) atoms. The van der Waals surface area contributed by atoms with Crippen LogP contribution >= 0.6 is 0 Å². The lowest BCUT2D eigenvalue weighted by molar-refractivity contribution is -0.131. The van der Waals surface area contributed by atoms with E-state index in [1.807, 2.05) is 0 Å². The second kappa shape index (κ2) is 9.00. The van der Waals surface area contributed by atoms with Crippen molar-refractivity contribution in [1.82, 2.24) is 4.90 Å². The van der Waals surface area contributed by atoms with E-state index < -0.39 is 0 Å². The lowest BCUT2D eigenvalue weighted by atomic mass is 10.2. The highest BCUT2D eigenvalue weighted by Gasteiger charge is 2.10. The SMILES string of the molecule is CCCCC(=O)N(CCO)CCCC. The molecule has 0 atom stereocenters. The van der Waals surface area contributed by atoms with Crippen molar-refractivity contribution in [2.24, 2.45) is 0 Å². The maximum Gasteiger partial charge on any atom is 0.222 e. The van der Waals surface area contributed by atoms with Crippen molar-refractivity contribution in [3.05, 3.63) is 0 Å². The van der Waals surface area contributed by atoms with Crippen molar-refractivity contribution in [3.63, 3.8) is 0 Å². The van der Waals surface area contributed by atoms with Crippen LogP contribution in [-0.2, 0) is 4.79 Å². The number of nitrogens with zero attached hydrogens (tertiary/aromatic N) is 1. The van der Waals surface area contributed by atoms with Crippen LogP contribution in [-0.4, -0.2) is 35.6 Å². The van der Waals surface area contributed by atoms with Crippen LogP contribution in [0.2, 0.25) is 0 Å². The number of rotatable bonds is 8. The molecule has 1 N–H and O–H groups in total. The van der Waals surface area contributed by atoms with E-state index in [-0.39, 0.29) is 12.5 Å². The van der Waals surface area contributed by atoms with Gasteiger partial charge in [0.2, 0.25) is 5.91 Å². The molecule has 84 valence electrons. The first-order valence-corrected chi connectivity index (χ1v) is 5.64. The van der Waals surface area contributed by atoms with E-state index in [0.29, 0.717) is 13.0 Å². The fourth-order valence-electron chi connectivity index (χ4n) is 1.32. The van der Waals surface area contributed by atoms with E-state index in [9.17, 15) is 4.79 Å². The molecule has 0 aromatic rings. The standard InChI is InChI=1S/C11H23NO2/c1-3-5-7-11(14)12(9-10-13)8-6-4-2/h13H,3-10H2,1-2H3. The molecular weight excluding hydrogens is 178 g/mol. The number of carbonyl (C=O) groups is 1. The summed E-state index contributed by atoms with van der Waals surface area (Å²) in [7, 11) is 0. The van der Waals surface area contributed by atoms with Gasteiger partial charge in [0.25, 0.3) is 0 Å². The molecule has 0 bridgehead atoms. The molecule has 0 saturated heterocycles. The Morgan fingerprint density at radius 1 is 1.14 bits per heavy atom. The van der Waals surface area contributed by atoms with E-state index in [0.717, 1.165) is 32.2 Å². The Bertz CT molecular complexity index is 148. The summed E-state index contributed by atoms with van der Waals surface area (Å²) in [6.45, 7) is 5.53. The molecular formula is C11H23NO2. The molecule has 3 heteroatoms. The average Bonchev–Trinajstić information content (AvgIpc) is 2.20. The van der Waals surface area contributed by atoms with Gasteiger partial charge in [0, 0.05) is 19.5 Å². The van der Waals surface area contributed by atoms with Crippen LogP contribution < -0.4 is 0 Å². The van der Waals surface area contributed by atoms with Gasteiger partial charge in [-0.25, -0.2) is 0 Å². The molecule has 0 aliphatic heterocycles. The molecule has 0 fully saturated rings. The Labute approximate surface area is 87.1 Å². The number of unbranched alkanes of at least 4 members (excludes halogenated alkanes) is 2. The van der Waals surface area contributed by atoms with Gasteiger partial charge in [-0.1, -0.05) is 26.7 Å². The third kappa shape index (κ3) is 5.97. The molecule has 0 unspecified atom stereocenters. The van der Waals surface area contributed by atoms with Crippen molar-refractivity contribution in [2.75, 3.05) is 19.7 Å². The highest BCUT2D eigenvalue weighted by Crippen LogP contribution is 2.02. The molecule has 1 amide bonds. The lowest BCUT2D eigenvalue weighted by Crippen LogP contribution is -2.34. The summed E-state index contributed by atoms with van der Waals surface area (Å²) in [5.74, 6) is 0.189. The van der Waals surface area contributed by atoms with Crippen LogP contribution in [0.15, 0.2) is 0 Å².